The Kier molecular flexibility index (Phi) is 3.04. The Morgan fingerprint density at radius 3 is 1.45 bits per heavy atom. The number of fused-ring (bicyclic) bond motifs is 4. The molecule has 2 atom stereocenters. The Bertz CT molecular complexity index is 413. The highest BCUT2D eigenvalue weighted by atomic mass is 14.6. The predicted octanol–water partition coefficient (Wildman–Crippen LogP) is 6.22. The molecule has 4 aliphatic carbocycles. The molecule has 0 aromatic rings. The highest BCUT2D eigenvalue weighted by molar-refractivity contribution is 5.22. The lowest BCUT2D eigenvalue weighted by molar-refractivity contribution is 0.152. The van der Waals surface area contributed by atoms with E-state index in [-0.39, 0.29) is 0 Å². The van der Waals surface area contributed by atoms with E-state index >= 15 is 0 Å². The first kappa shape index (κ1) is 14.7. The van der Waals surface area contributed by atoms with Gasteiger partial charge in [0, 0.05) is 0 Å². The molecule has 20 heavy (non-hydrogen) atoms. The minimum atomic E-state index is 0.525. The van der Waals surface area contributed by atoms with E-state index in [0.29, 0.717) is 21.7 Å². The zero-order chi connectivity index (χ0) is 14.8. The molecule has 0 saturated heterocycles. The summed E-state index contributed by atoms with van der Waals surface area (Å²) < 4.78 is 0. The molecule has 0 heteroatoms. The zero-order valence-corrected chi connectivity index (χ0v) is 14.6. The first-order valence-corrected chi connectivity index (χ1v) is 8.82. The van der Waals surface area contributed by atoms with Gasteiger partial charge in [-0.25, -0.2) is 0 Å². The topological polar surface area (TPSA) is 0 Å². The maximum atomic E-state index is 2.49. The summed E-state index contributed by atoms with van der Waals surface area (Å²) in [5, 5.41) is 0. The van der Waals surface area contributed by atoms with Gasteiger partial charge in [-0.2, -0.15) is 0 Å². The Hall–Kier alpha value is -0.260. The van der Waals surface area contributed by atoms with Gasteiger partial charge in [0.15, 0.2) is 0 Å². The predicted molar refractivity (Wildman–Crippen MR) is 87.6 cm³/mol. The summed E-state index contributed by atoms with van der Waals surface area (Å²) >= 11 is 0. The van der Waals surface area contributed by atoms with Crippen LogP contribution in [-0.4, -0.2) is 0 Å². The molecular weight excluding hydrogens is 240 g/mol. The van der Waals surface area contributed by atoms with Crippen molar-refractivity contribution in [1.82, 2.24) is 0 Å². The van der Waals surface area contributed by atoms with Gasteiger partial charge in [0.25, 0.3) is 0 Å². The van der Waals surface area contributed by atoms with Crippen LogP contribution >= 0.6 is 0 Å². The minimum absolute atomic E-state index is 0.525. The van der Waals surface area contributed by atoms with Crippen molar-refractivity contribution in [2.75, 3.05) is 0 Å². The highest BCUT2D eigenvalue weighted by Gasteiger charge is 2.55. The van der Waals surface area contributed by atoms with Gasteiger partial charge >= 0.3 is 0 Å². The summed E-state index contributed by atoms with van der Waals surface area (Å²) in [6, 6.07) is 0. The molecule has 0 amide bonds. The Balaban J connectivity index is 0.000000121. The number of rotatable bonds is 0. The van der Waals surface area contributed by atoms with E-state index in [1.807, 2.05) is 0 Å². The van der Waals surface area contributed by atoms with E-state index in [1.54, 1.807) is 0 Å². The second kappa shape index (κ2) is 4.14. The maximum absolute atomic E-state index is 2.49. The third-order valence-corrected chi connectivity index (χ3v) is 8.74. The van der Waals surface area contributed by atoms with E-state index in [4.69, 9.17) is 0 Å². The molecule has 3 saturated carbocycles. The van der Waals surface area contributed by atoms with Gasteiger partial charge in [0.1, 0.15) is 0 Å². The summed E-state index contributed by atoms with van der Waals surface area (Å²) in [4.78, 5) is 0. The van der Waals surface area contributed by atoms with Gasteiger partial charge in [0.2, 0.25) is 0 Å². The van der Waals surface area contributed by atoms with E-state index < -0.39 is 0 Å². The minimum Gasteiger partial charge on any atom is -0.0843 e. The average molecular weight is 274 g/mol. The lowest BCUT2D eigenvalue weighted by atomic mass is 9.71. The van der Waals surface area contributed by atoms with E-state index in [1.165, 1.54) is 38.5 Å². The summed E-state index contributed by atoms with van der Waals surface area (Å²) in [7, 11) is 0. The van der Waals surface area contributed by atoms with Gasteiger partial charge in [-0.1, -0.05) is 53.7 Å². The Morgan fingerprint density at radius 2 is 1.35 bits per heavy atom. The van der Waals surface area contributed by atoms with Crippen molar-refractivity contribution in [2.45, 2.75) is 80.1 Å². The fourth-order valence-corrected chi connectivity index (χ4v) is 5.64. The molecule has 4 aliphatic rings. The van der Waals surface area contributed by atoms with Crippen molar-refractivity contribution in [3.8, 4) is 0 Å². The van der Waals surface area contributed by atoms with Crippen molar-refractivity contribution in [3.05, 3.63) is 12.2 Å². The lowest BCUT2D eigenvalue weighted by Crippen LogP contribution is -2.27. The smallest absolute Gasteiger partial charge is 0.00895 e. The molecule has 0 heterocycles. The van der Waals surface area contributed by atoms with Gasteiger partial charge in [0.05, 0.1) is 0 Å². The lowest BCUT2D eigenvalue weighted by Gasteiger charge is -2.34. The first-order valence-electron chi connectivity index (χ1n) is 8.82. The second-order valence-corrected chi connectivity index (χ2v) is 9.70. The molecule has 114 valence electrons. The SMILES string of the molecule is CC12C=CC(CC1)C2(C)C.CC12CCC(CC1)C2(C)C. The summed E-state index contributed by atoms with van der Waals surface area (Å²) in [6.07, 6.45) is 13.7. The molecule has 4 rings (SSSR count). The van der Waals surface area contributed by atoms with Gasteiger partial charge in [-0.05, 0) is 72.0 Å². The quantitative estimate of drug-likeness (QED) is 0.460. The Labute approximate surface area is 126 Å². The molecule has 4 bridgehead atoms. The van der Waals surface area contributed by atoms with Crippen LogP contribution in [0.2, 0.25) is 0 Å². The van der Waals surface area contributed by atoms with Crippen molar-refractivity contribution < 1.29 is 0 Å². The van der Waals surface area contributed by atoms with Crippen molar-refractivity contribution in [2.24, 2.45) is 33.5 Å². The highest BCUT2D eigenvalue weighted by Crippen LogP contribution is 2.65. The van der Waals surface area contributed by atoms with Crippen LogP contribution < -0.4 is 0 Å². The molecule has 0 aromatic carbocycles. The van der Waals surface area contributed by atoms with Crippen LogP contribution in [0.1, 0.15) is 80.1 Å². The number of allylic oxidation sites excluding steroid dienone is 2. The van der Waals surface area contributed by atoms with Crippen LogP contribution in [0, 0.1) is 33.5 Å². The summed E-state index contributed by atoms with van der Waals surface area (Å²) in [5.74, 6) is 1.93. The van der Waals surface area contributed by atoms with Crippen LogP contribution in [0.15, 0.2) is 12.2 Å². The molecule has 0 nitrogen and oxygen atoms in total. The Morgan fingerprint density at radius 1 is 0.750 bits per heavy atom. The molecule has 0 spiro atoms. The summed E-state index contributed by atoms with van der Waals surface area (Å²) in [6.45, 7) is 14.6. The molecule has 3 fully saturated rings. The fraction of sp³-hybridized carbons (Fsp3) is 0.900. The van der Waals surface area contributed by atoms with Crippen molar-refractivity contribution in [3.63, 3.8) is 0 Å². The normalized spacial score (nSPS) is 49.3. The number of hydrogen-bond donors (Lipinski definition) is 0. The first-order chi connectivity index (χ1) is 9.12. The van der Waals surface area contributed by atoms with Crippen LogP contribution in [0.25, 0.3) is 0 Å². The van der Waals surface area contributed by atoms with Crippen LogP contribution in [-0.2, 0) is 0 Å². The van der Waals surface area contributed by atoms with Crippen LogP contribution in [0.5, 0.6) is 0 Å². The molecule has 0 aliphatic heterocycles. The van der Waals surface area contributed by atoms with Crippen LogP contribution in [0.3, 0.4) is 0 Å². The largest absolute Gasteiger partial charge is 0.0843 e. The molecule has 0 aromatic heterocycles. The van der Waals surface area contributed by atoms with Crippen molar-refractivity contribution in [1.29, 1.82) is 0 Å². The maximum Gasteiger partial charge on any atom is -0.00895 e. The average Bonchev–Trinajstić information content (AvgIpc) is 2.91. The van der Waals surface area contributed by atoms with Gasteiger partial charge < -0.3 is 0 Å². The third kappa shape index (κ3) is 1.72. The fourth-order valence-electron chi connectivity index (χ4n) is 5.64. The standard InChI is InChI=1S/C10H18.C10H16/c2*1-9(2)8-4-6-10(9,3)7-5-8/h8H,4-7H2,1-3H3;4,6,8H,5,7H2,1-3H3. The summed E-state index contributed by atoms with van der Waals surface area (Å²) in [5.41, 5.74) is 2.44. The monoisotopic (exact) mass is 274 g/mol. The third-order valence-electron chi connectivity index (χ3n) is 8.74. The van der Waals surface area contributed by atoms with E-state index in [2.05, 4.69) is 53.7 Å². The second-order valence-electron chi connectivity index (χ2n) is 9.70. The zero-order valence-electron chi connectivity index (χ0n) is 14.6. The number of hydrogen-bond acceptors (Lipinski definition) is 0. The molecule has 0 N–H and O–H groups in total. The van der Waals surface area contributed by atoms with E-state index in [0.717, 1.165) is 11.8 Å². The van der Waals surface area contributed by atoms with E-state index in [9.17, 15) is 0 Å². The molecular formula is C20H34. The van der Waals surface area contributed by atoms with Crippen LogP contribution in [0.4, 0.5) is 0 Å². The van der Waals surface area contributed by atoms with Crippen molar-refractivity contribution >= 4 is 0 Å². The molecule has 2 unspecified atom stereocenters. The van der Waals surface area contributed by atoms with Gasteiger partial charge in [-0.3, -0.25) is 0 Å². The van der Waals surface area contributed by atoms with Gasteiger partial charge in [-0.15, -0.1) is 0 Å². The molecule has 0 radical (unpaired) electrons.